The molecule has 2 aromatic rings. The predicted molar refractivity (Wildman–Crippen MR) is 129 cm³/mol. The molecule has 7 heteroatoms. The number of hydrogen-bond acceptors (Lipinski definition) is 3. The van der Waals surface area contributed by atoms with Crippen molar-refractivity contribution in [3.8, 4) is 0 Å². The van der Waals surface area contributed by atoms with Crippen molar-refractivity contribution >= 4 is 11.6 Å². The Morgan fingerprint density at radius 2 is 1.62 bits per heavy atom. The first-order chi connectivity index (χ1) is 16.4. The Morgan fingerprint density at radius 1 is 0.912 bits per heavy atom. The molecule has 1 amide bonds. The van der Waals surface area contributed by atoms with Crippen LogP contribution in [-0.4, -0.2) is 37.1 Å². The summed E-state index contributed by atoms with van der Waals surface area (Å²) in [5, 5.41) is 7.06. The lowest BCUT2D eigenvalue weighted by molar-refractivity contribution is -0.137. The Balaban J connectivity index is 1.30. The number of hydrogen-bond donors (Lipinski definition) is 2. The van der Waals surface area contributed by atoms with Crippen LogP contribution in [0.3, 0.4) is 0 Å². The zero-order chi connectivity index (χ0) is 24.0. The van der Waals surface area contributed by atoms with Crippen molar-refractivity contribution in [2.24, 2.45) is 0 Å². The summed E-state index contributed by atoms with van der Waals surface area (Å²) in [4.78, 5) is 14.8. The molecule has 1 saturated carbocycles. The lowest BCUT2D eigenvalue weighted by atomic mass is 9.88. The average molecular weight is 474 g/mol. The van der Waals surface area contributed by atoms with E-state index in [2.05, 4.69) is 15.5 Å². The normalized spacial score (nSPS) is 23.5. The standard InChI is InChI=1S/C27H34F3N3O/c28-27(29,30)21-13-15-23(16-14-21)33-18-6-9-22(19-33)31-24-10-4-5-11-25(24)32-26(34)17-12-20-7-2-1-3-8-20/h1-3,7-8,13-16,22,24-25,31H,4-6,9-12,17-19H2,(H,32,34)/t22?,24-,25-/m1/s1. The molecule has 0 spiro atoms. The molecule has 0 radical (unpaired) electrons. The summed E-state index contributed by atoms with van der Waals surface area (Å²) >= 11 is 0. The fraction of sp³-hybridized carbons (Fsp3) is 0.519. The zero-order valence-electron chi connectivity index (χ0n) is 19.5. The molecule has 2 fully saturated rings. The molecular formula is C27H34F3N3O. The zero-order valence-corrected chi connectivity index (χ0v) is 19.5. The number of alkyl halides is 3. The van der Waals surface area contributed by atoms with Crippen molar-refractivity contribution in [3.63, 3.8) is 0 Å². The number of nitrogens with zero attached hydrogens (tertiary/aromatic N) is 1. The van der Waals surface area contributed by atoms with Gasteiger partial charge >= 0.3 is 6.18 Å². The smallest absolute Gasteiger partial charge is 0.370 e. The molecule has 3 atom stereocenters. The van der Waals surface area contributed by atoms with Crippen molar-refractivity contribution in [2.45, 2.75) is 75.7 Å². The van der Waals surface area contributed by atoms with Gasteiger partial charge in [0, 0.05) is 43.3 Å². The van der Waals surface area contributed by atoms with Crippen molar-refractivity contribution < 1.29 is 18.0 Å². The first-order valence-corrected chi connectivity index (χ1v) is 12.4. The Labute approximate surface area is 199 Å². The molecule has 4 nitrogen and oxygen atoms in total. The minimum atomic E-state index is -4.31. The molecular weight excluding hydrogens is 439 g/mol. The summed E-state index contributed by atoms with van der Waals surface area (Å²) in [6.07, 6.45) is 3.19. The van der Waals surface area contributed by atoms with Crippen molar-refractivity contribution in [3.05, 3.63) is 65.7 Å². The van der Waals surface area contributed by atoms with E-state index in [1.165, 1.54) is 5.56 Å². The van der Waals surface area contributed by atoms with Crippen LogP contribution in [0.1, 0.15) is 56.1 Å². The van der Waals surface area contributed by atoms with Crippen LogP contribution in [0.25, 0.3) is 0 Å². The van der Waals surface area contributed by atoms with Crippen molar-refractivity contribution in [1.29, 1.82) is 0 Å². The number of aryl methyl sites for hydroxylation is 1. The van der Waals surface area contributed by atoms with Crippen LogP contribution in [0.4, 0.5) is 18.9 Å². The highest BCUT2D eigenvalue weighted by molar-refractivity contribution is 5.76. The fourth-order valence-electron chi connectivity index (χ4n) is 5.20. The highest BCUT2D eigenvalue weighted by Gasteiger charge is 2.32. The van der Waals surface area contributed by atoms with Gasteiger partial charge in [-0.1, -0.05) is 43.2 Å². The molecule has 0 aromatic heterocycles. The molecule has 2 aliphatic rings. The number of piperidine rings is 1. The van der Waals surface area contributed by atoms with Gasteiger partial charge in [-0.3, -0.25) is 4.79 Å². The van der Waals surface area contributed by atoms with Crippen LogP contribution in [0.2, 0.25) is 0 Å². The van der Waals surface area contributed by atoms with E-state index in [1.807, 2.05) is 30.3 Å². The predicted octanol–water partition coefficient (Wildman–Crippen LogP) is 5.32. The number of nitrogens with one attached hydrogen (secondary N) is 2. The minimum Gasteiger partial charge on any atom is -0.370 e. The summed E-state index contributed by atoms with van der Waals surface area (Å²) < 4.78 is 38.7. The molecule has 34 heavy (non-hydrogen) atoms. The molecule has 1 heterocycles. The molecule has 4 rings (SSSR count). The van der Waals surface area contributed by atoms with E-state index in [0.29, 0.717) is 6.42 Å². The molecule has 1 saturated heterocycles. The SMILES string of the molecule is O=C(CCc1ccccc1)N[C@@H]1CCCC[C@H]1NC1CCCN(c2ccc(C(F)(F)F)cc2)C1. The topological polar surface area (TPSA) is 44.4 Å². The van der Waals surface area contributed by atoms with Crippen molar-refractivity contribution in [1.82, 2.24) is 10.6 Å². The lowest BCUT2D eigenvalue weighted by Crippen LogP contribution is -2.57. The summed E-state index contributed by atoms with van der Waals surface area (Å²) in [5.74, 6) is 0.0950. The molecule has 1 unspecified atom stereocenters. The lowest BCUT2D eigenvalue weighted by Gasteiger charge is -2.40. The summed E-state index contributed by atoms with van der Waals surface area (Å²) in [6.45, 7) is 1.60. The maximum atomic E-state index is 12.9. The Bertz CT molecular complexity index is 917. The molecule has 0 bridgehead atoms. The minimum absolute atomic E-state index is 0.0950. The van der Waals surface area contributed by atoms with Gasteiger partial charge in [-0.25, -0.2) is 0 Å². The molecule has 1 aliphatic carbocycles. The van der Waals surface area contributed by atoms with Gasteiger partial charge in [0.05, 0.1) is 5.56 Å². The van der Waals surface area contributed by atoms with Crippen molar-refractivity contribution in [2.75, 3.05) is 18.0 Å². The molecule has 184 valence electrons. The van der Waals surface area contributed by atoms with Gasteiger partial charge in [0.1, 0.15) is 0 Å². The number of benzene rings is 2. The summed E-state index contributed by atoms with van der Waals surface area (Å²) in [7, 11) is 0. The van der Waals surface area contributed by atoms with Gasteiger partial charge in [0.15, 0.2) is 0 Å². The van der Waals surface area contributed by atoms with Gasteiger partial charge < -0.3 is 15.5 Å². The molecule has 2 N–H and O–H groups in total. The van der Waals surface area contributed by atoms with Gasteiger partial charge in [-0.15, -0.1) is 0 Å². The number of rotatable bonds is 7. The maximum absolute atomic E-state index is 12.9. The summed E-state index contributed by atoms with van der Waals surface area (Å²) in [6, 6.07) is 16.1. The largest absolute Gasteiger partial charge is 0.416 e. The van der Waals surface area contributed by atoms with E-state index in [1.54, 1.807) is 12.1 Å². The second-order valence-electron chi connectivity index (χ2n) is 9.55. The highest BCUT2D eigenvalue weighted by atomic mass is 19.4. The molecule has 2 aromatic carbocycles. The number of anilines is 1. The average Bonchev–Trinajstić information content (AvgIpc) is 2.84. The van der Waals surface area contributed by atoms with E-state index < -0.39 is 11.7 Å². The number of halogens is 3. The Kier molecular flexibility index (Phi) is 8.14. The summed E-state index contributed by atoms with van der Waals surface area (Å²) in [5.41, 5.74) is 1.38. The highest BCUT2D eigenvalue weighted by Crippen LogP contribution is 2.31. The number of carbonyl (C=O) groups is 1. The Morgan fingerprint density at radius 3 is 2.32 bits per heavy atom. The number of carbonyl (C=O) groups excluding carboxylic acids is 1. The molecule has 1 aliphatic heterocycles. The maximum Gasteiger partial charge on any atom is 0.416 e. The van der Waals surface area contributed by atoms with E-state index in [9.17, 15) is 18.0 Å². The van der Waals surface area contributed by atoms with Crippen LogP contribution < -0.4 is 15.5 Å². The van der Waals surface area contributed by atoms with Crippen LogP contribution in [0, 0.1) is 0 Å². The third-order valence-electron chi connectivity index (χ3n) is 7.03. The van der Waals surface area contributed by atoms with Gasteiger partial charge in [-0.05, 0) is 61.9 Å². The Hall–Kier alpha value is -2.54. The number of amides is 1. The van der Waals surface area contributed by atoms with E-state index in [4.69, 9.17) is 0 Å². The second kappa shape index (κ2) is 11.3. The monoisotopic (exact) mass is 473 g/mol. The van der Waals surface area contributed by atoms with Crippen LogP contribution in [-0.2, 0) is 17.4 Å². The first-order valence-electron chi connectivity index (χ1n) is 12.4. The fourth-order valence-corrected chi connectivity index (χ4v) is 5.20. The van der Waals surface area contributed by atoms with Crippen LogP contribution in [0.15, 0.2) is 54.6 Å². The van der Waals surface area contributed by atoms with E-state index in [0.717, 1.165) is 75.9 Å². The third kappa shape index (κ3) is 6.75. The van der Waals surface area contributed by atoms with E-state index in [-0.39, 0.29) is 24.0 Å². The van der Waals surface area contributed by atoms with Gasteiger partial charge in [-0.2, -0.15) is 13.2 Å². The second-order valence-corrected chi connectivity index (χ2v) is 9.55. The van der Waals surface area contributed by atoms with E-state index >= 15 is 0 Å². The van der Waals surface area contributed by atoms with Gasteiger partial charge in [0.2, 0.25) is 5.91 Å². The van der Waals surface area contributed by atoms with Gasteiger partial charge in [0.25, 0.3) is 0 Å². The third-order valence-corrected chi connectivity index (χ3v) is 7.03. The quantitative estimate of drug-likeness (QED) is 0.572. The first kappa shape index (κ1) is 24.6. The van der Waals surface area contributed by atoms with Crippen LogP contribution >= 0.6 is 0 Å². The van der Waals surface area contributed by atoms with Crippen LogP contribution in [0.5, 0.6) is 0 Å².